The molecule has 0 aromatic rings. The molecule has 0 bridgehead atoms. The lowest BCUT2D eigenvalue weighted by molar-refractivity contribution is -0.0972. The molecule has 20 heavy (non-hydrogen) atoms. The summed E-state index contributed by atoms with van der Waals surface area (Å²) < 4.78 is 10.6. The number of carbonyl (C=O) groups is 1. The molecule has 0 saturated heterocycles. The first-order valence-corrected chi connectivity index (χ1v) is 7.40. The number of amides is 1. The van der Waals surface area contributed by atoms with Gasteiger partial charge in [0.2, 0.25) is 0 Å². The van der Waals surface area contributed by atoms with Crippen molar-refractivity contribution in [2.24, 2.45) is 5.41 Å². The molecule has 1 amide bonds. The zero-order valence-corrected chi connectivity index (χ0v) is 13.7. The number of carbonyl (C=O) groups excluding carboxylic acids is 1. The molecule has 1 rings (SSSR count). The van der Waals surface area contributed by atoms with Crippen LogP contribution in [0.4, 0.5) is 4.79 Å². The minimum Gasteiger partial charge on any atom is -0.444 e. The molecule has 1 fully saturated rings. The molecular formula is C15H30N2O3. The van der Waals surface area contributed by atoms with Gasteiger partial charge in [0.1, 0.15) is 5.60 Å². The van der Waals surface area contributed by atoms with Crippen molar-refractivity contribution in [3.63, 3.8) is 0 Å². The minimum atomic E-state index is -0.437. The van der Waals surface area contributed by atoms with E-state index in [1.54, 1.807) is 7.11 Å². The Balaban J connectivity index is 2.08. The van der Waals surface area contributed by atoms with Gasteiger partial charge in [-0.3, -0.25) is 0 Å². The van der Waals surface area contributed by atoms with Crippen LogP contribution in [0.15, 0.2) is 0 Å². The fourth-order valence-electron chi connectivity index (χ4n) is 2.50. The molecule has 2 N–H and O–H groups in total. The maximum Gasteiger partial charge on any atom is 0.407 e. The van der Waals surface area contributed by atoms with Crippen molar-refractivity contribution in [3.05, 3.63) is 0 Å². The Morgan fingerprint density at radius 2 is 1.95 bits per heavy atom. The molecule has 2 atom stereocenters. The standard InChI is InChI=1S/C15H30N2O3/c1-14(2,3)20-13(18)17-9-7-8-16-11-10-12(19-6)15(11,4)5/h11-12,16H,7-10H2,1-6H3,(H,17,18). The molecule has 5 heteroatoms. The third-order valence-electron chi connectivity index (χ3n) is 3.87. The second-order valence-electron chi connectivity index (χ2n) is 7.07. The lowest BCUT2D eigenvalue weighted by Gasteiger charge is -2.51. The van der Waals surface area contributed by atoms with Crippen LogP contribution in [-0.4, -0.2) is 44.0 Å². The average Bonchev–Trinajstić information content (AvgIpc) is 2.29. The summed E-state index contributed by atoms with van der Waals surface area (Å²) in [6.45, 7) is 11.5. The highest BCUT2D eigenvalue weighted by Gasteiger charge is 2.47. The molecule has 1 aliphatic rings. The van der Waals surface area contributed by atoms with Crippen molar-refractivity contribution in [1.29, 1.82) is 0 Å². The monoisotopic (exact) mass is 286 g/mol. The van der Waals surface area contributed by atoms with E-state index in [1.165, 1.54) is 0 Å². The van der Waals surface area contributed by atoms with E-state index in [9.17, 15) is 4.79 Å². The Labute approximate surface area is 122 Å². The minimum absolute atomic E-state index is 0.188. The maximum absolute atomic E-state index is 11.4. The van der Waals surface area contributed by atoms with Crippen LogP contribution in [0.5, 0.6) is 0 Å². The number of alkyl carbamates (subject to hydrolysis) is 1. The lowest BCUT2D eigenvalue weighted by Crippen LogP contribution is -2.60. The number of hydrogen-bond donors (Lipinski definition) is 2. The second-order valence-corrected chi connectivity index (χ2v) is 7.07. The van der Waals surface area contributed by atoms with Gasteiger partial charge in [-0.15, -0.1) is 0 Å². The molecule has 1 aliphatic carbocycles. The van der Waals surface area contributed by atoms with Crippen molar-refractivity contribution >= 4 is 6.09 Å². The van der Waals surface area contributed by atoms with Gasteiger partial charge in [0.25, 0.3) is 0 Å². The molecule has 0 aliphatic heterocycles. The quantitative estimate of drug-likeness (QED) is 0.736. The highest BCUT2D eigenvalue weighted by atomic mass is 16.6. The van der Waals surface area contributed by atoms with Gasteiger partial charge in [0.15, 0.2) is 0 Å². The number of hydrogen-bond acceptors (Lipinski definition) is 4. The summed E-state index contributed by atoms with van der Waals surface area (Å²) in [6.07, 6.45) is 1.95. The number of nitrogens with one attached hydrogen (secondary N) is 2. The smallest absolute Gasteiger partial charge is 0.407 e. The van der Waals surface area contributed by atoms with Crippen LogP contribution >= 0.6 is 0 Å². The Kier molecular flexibility index (Phi) is 5.83. The Bertz CT molecular complexity index is 324. The van der Waals surface area contributed by atoms with Crippen LogP contribution in [0.2, 0.25) is 0 Å². The third-order valence-corrected chi connectivity index (χ3v) is 3.87. The van der Waals surface area contributed by atoms with Gasteiger partial charge in [-0.1, -0.05) is 13.8 Å². The third kappa shape index (κ3) is 4.94. The largest absolute Gasteiger partial charge is 0.444 e. The predicted octanol–water partition coefficient (Wildman–Crippen LogP) is 2.30. The molecule has 0 aromatic heterocycles. The summed E-state index contributed by atoms with van der Waals surface area (Å²) in [7, 11) is 1.77. The van der Waals surface area contributed by atoms with Gasteiger partial charge in [-0.25, -0.2) is 4.79 Å². The lowest BCUT2D eigenvalue weighted by atomic mass is 9.64. The van der Waals surface area contributed by atoms with E-state index < -0.39 is 5.60 Å². The van der Waals surface area contributed by atoms with Crippen LogP contribution < -0.4 is 10.6 Å². The number of rotatable bonds is 6. The summed E-state index contributed by atoms with van der Waals surface area (Å²) in [5.74, 6) is 0. The van der Waals surface area contributed by atoms with E-state index in [4.69, 9.17) is 9.47 Å². The van der Waals surface area contributed by atoms with Crippen molar-refractivity contribution < 1.29 is 14.3 Å². The molecule has 0 aromatic carbocycles. The summed E-state index contributed by atoms with van der Waals surface area (Å²) in [5, 5.41) is 6.29. The van der Waals surface area contributed by atoms with E-state index in [1.807, 2.05) is 20.8 Å². The molecule has 0 spiro atoms. The van der Waals surface area contributed by atoms with Crippen LogP contribution in [-0.2, 0) is 9.47 Å². The van der Waals surface area contributed by atoms with Gasteiger partial charge in [-0.05, 0) is 40.2 Å². The molecule has 2 unspecified atom stereocenters. The van der Waals surface area contributed by atoms with Crippen molar-refractivity contribution in [3.8, 4) is 0 Å². The molecule has 5 nitrogen and oxygen atoms in total. The summed E-state index contributed by atoms with van der Waals surface area (Å²) in [5.41, 5.74) is -0.249. The fraction of sp³-hybridized carbons (Fsp3) is 0.933. The van der Waals surface area contributed by atoms with Gasteiger partial charge in [0.05, 0.1) is 6.10 Å². The summed E-state index contributed by atoms with van der Waals surface area (Å²) in [4.78, 5) is 11.4. The topological polar surface area (TPSA) is 59.6 Å². The molecular weight excluding hydrogens is 256 g/mol. The Morgan fingerprint density at radius 3 is 2.45 bits per heavy atom. The SMILES string of the molecule is COC1CC(NCCCNC(=O)OC(C)(C)C)C1(C)C. The Hall–Kier alpha value is -0.810. The highest BCUT2D eigenvalue weighted by Crippen LogP contribution is 2.42. The summed E-state index contributed by atoms with van der Waals surface area (Å²) >= 11 is 0. The van der Waals surface area contributed by atoms with Crippen LogP contribution in [0.3, 0.4) is 0 Å². The van der Waals surface area contributed by atoms with Gasteiger partial charge in [0, 0.05) is 25.1 Å². The zero-order valence-electron chi connectivity index (χ0n) is 13.7. The molecule has 1 saturated carbocycles. The van der Waals surface area contributed by atoms with Crippen molar-refractivity contribution in [2.45, 2.75) is 65.2 Å². The van der Waals surface area contributed by atoms with E-state index in [-0.39, 0.29) is 11.5 Å². The van der Waals surface area contributed by atoms with Crippen LogP contribution in [0.1, 0.15) is 47.5 Å². The van der Waals surface area contributed by atoms with Crippen LogP contribution in [0.25, 0.3) is 0 Å². The van der Waals surface area contributed by atoms with Crippen molar-refractivity contribution in [1.82, 2.24) is 10.6 Å². The number of ether oxygens (including phenoxy) is 2. The summed E-state index contributed by atoms with van der Waals surface area (Å²) in [6, 6.07) is 0.494. The predicted molar refractivity (Wildman–Crippen MR) is 79.8 cm³/mol. The molecule has 0 radical (unpaired) electrons. The van der Waals surface area contributed by atoms with E-state index >= 15 is 0 Å². The first kappa shape index (κ1) is 17.2. The zero-order chi connectivity index (χ0) is 15.4. The first-order valence-electron chi connectivity index (χ1n) is 7.40. The van der Waals surface area contributed by atoms with Gasteiger partial charge in [-0.2, -0.15) is 0 Å². The van der Waals surface area contributed by atoms with Crippen LogP contribution in [0, 0.1) is 5.41 Å². The molecule has 0 heterocycles. The fourth-order valence-corrected chi connectivity index (χ4v) is 2.50. The highest BCUT2D eigenvalue weighted by molar-refractivity contribution is 5.67. The van der Waals surface area contributed by atoms with Gasteiger partial charge >= 0.3 is 6.09 Å². The van der Waals surface area contributed by atoms with E-state index in [2.05, 4.69) is 24.5 Å². The van der Waals surface area contributed by atoms with E-state index in [0.717, 1.165) is 19.4 Å². The van der Waals surface area contributed by atoms with Crippen molar-refractivity contribution in [2.75, 3.05) is 20.2 Å². The average molecular weight is 286 g/mol. The van der Waals surface area contributed by atoms with Gasteiger partial charge < -0.3 is 20.1 Å². The first-order chi connectivity index (χ1) is 9.16. The maximum atomic E-state index is 11.4. The normalized spacial score (nSPS) is 24.9. The number of methoxy groups -OCH3 is 1. The molecule has 118 valence electrons. The van der Waals surface area contributed by atoms with E-state index in [0.29, 0.717) is 18.7 Å². The Morgan fingerprint density at radius 1 is 1.30 bits per heavy atom. The second kappa shape index (κ2) is 6.76.